The normalized spacial score (nSPS) is 10.7. The Morgan fingerprint density at radius 1 is 1.39 bits per heavy atom. The minimum Gasteiger partial charge on any atom is -0.496 e. The lowest BCUT2D eigenvalue weighted by Gasteiger charge is -2.11. The topological polar surface area (TPSA) is 94.8 Å². The second-order valence-corrected chi connectivity index (χ2v) is 8.07. The van der Waals surface area contributed by atoms with Crippen molar-refractivity contribution in [1.82, 2.24) is 25.0 Å². The van der Waals surface area contributed by atoms with Crippen LogP contribution in [0.5, 0.6) is 5.75 Å². The average Bonchev–Trinajstić information content (AvgIpc) is 3.26. The highest BCUT2D eigenvalue weighted by Crippen LogP contribution is 2.33. The first-order valence-corrected chi connectivity index (χ1v) is 10.3. The van der Waals surface area contributed by atoms with Gasteiger partial charge in [-0.25, -0.2) is 0 Å². The van der Waals surface area contributed by atoms with Gasteiger partial charge in [0, 0.05) is 11.6 Å². The van der Waals surface area contributed by atoms with Gasteiger partial charge in [0.1, 0.15) is 10.8 Å². The maximum atomic E-state index is 12.2. The molecule has 11 heteroatoms. The molecule has 1 N–H and O–H groups in total. The Hall–Kier alpha value is -2.43. The van der Waals surface area contributed by atoms with Crippen molar-refractivity contribution >= 4 is 45.7 Å². The number of allylic oxidation sites excluding steroid dienone is 1. The number of aromatic nitrogens is 5. The largest absolute Gasteiger partial charge is 0.496 e. The van der Waals surface area contributed by atoms with E-state index in [-0.39, 0.29) is 11.7 Å². The van der Waals surface area contributed by atoms with Crippen LogP contribution in [-0.4, -0.2) is 43.7 Å². The van der Waals surface area contributed by atoms with Gasteiger partial charge < -0.3 is 4.74 Å². The van der Waals surface area contributed by atoms with E-state index in [2.05, 4.69) is 32.3 Å². The fourth-order valence-corrected chi connectivity index (χ4v) is 3.90. The molecule has 2 aromatic heterocycles. The zero-order valence-corrected chi connectivity index (χ0v) is 17.6. The molecule has 0 unspecified atom stereocenters. The highest BCUT2D eigenvalue weighted by atomic mass is 35.5. The van der Waals surface area contributed by atoms with Crippen LogP contribution in [0.1, 0.15) is 5.01 Å². The number of rotatable bonds is 8. The number of benzene rings is 1. The van der Waals surface area contributed by atoms with Gasteiger partial charge in [0.25, 0.3) is 0 Å². The van der Waals surface area contributed by atoms with Gasteiger partial charge in [0.2, 0.25) is 11.0 Å². The van der Waals surface area contributed by atoms with E-state index >= 15 is 0 Å². The number of nitrogens with zero attached hydrogens (tertiary/aromatic N) is 5. The number of amides is 1. The van der Waals surface area contributed by atoms with Crippen LogP contribution >= 0.6 is 34.7 Å². The van der Waals surface area contributed by atoms with E-state index in [4.69, 9.17) is 16.3 Å². The molecule has 28 heavy (non-hydrogen) atoms. The van der Waals surface area contributed by atoms with Gasteiger partial charge >= 0.3 is 0 Å². The summed E-state index contributed by atoms with van der Waals surface area (Å²) in [4.78, 5) is 12.2. The number of carbonyl (C=O) groups is 1. The van der Waals surface area contributed by atoms with Crippen LogP contribution in [-0.2, 0) is 11.3 Å². The number of hydrogen-bond acceptors (Lipinski definition) is 8. The lowest BCUT2D eigenvalue weighted by Crippen LogP contribution is -2.14. The van der Waals surface area contributed by atoms with Gasteiger partial charge in [-0.1, -0.05) is 40.8 Å². The molecule has 8 nitrogen and oxygen atoms in total. The first-order valence-electron chi connectivity index (χ1n) is 8.12. The standard InChI is InChI=1S/C17H17ClN6O2S2/c1-4-7-24-15(12-8-11(18)5-6-13(12)26-3)21-23-17(24)27-9-14(25)19-16-22-20-10(2)28-16/h4-6,8H,1,7,9H2,2-3H3,(H,19,22,25). The molecule has 0 saturated carbocycles. The minimum atomic E-state index is -0.198. The summed E-state index contributed by atoms with van der Waals surface area (Å²) in [6.45, 7) is 6.08. The Kier molecular flexibility index (Phi) is 6.65. The molecule has 0 aliphatic carbocycles. The summed E-state index contributed by atoms with van der Waals surface area (Å²) in [6, 6.07) is 5.28. The molecule has 2 heterocycles. The molecular formula is C17H17ClN6O2S2. The van der Waals surface area contributed by atoms with Crippen molar-refractivity contribution in [3.8, 4) is 17.1 Å². The van der Waals surface area contributed by atoms with E-state index in [1.54, 1.807) is 31.4 Å². The third-order valence-electron chi connectivity index (χ3n) is 3.54. The summed E-state index contributed by atoms with van der Waals surface area (Å²) in [5.41, 5.74) is 0.713. The third kappa shape index (κ3) is 4.70. The number of methoxy groups -OCH3 is 1. The van der Waals surface area contributed by atoms with E-state index in [9.17, 15) is 4.79 Å². The highest BCUT2D eigenvalue weighted by Gasteiger charge is 2.18. The molecule has 0 fully saturated rings. The fraction of sp³-hybridized carbons (Fsp3) is 0.235. The van der Waals surface area contributed by atoms with Crippen LogP contribution in [0.4, 0.5) is 5.13 Å². The Balaban J connectivity index is 1.80. The predicted octanol–water partition coefficient (Wildman–Crippen LogP) is 3.68. The SMILES string of the molecule is C=CCn1c(SCC(=O)Nc2nnc(C)s2)nnc1-c1cc(Cl)ccc1OC. The smallest absolute Gasteiger partial charge is 0.236 e. The maximum absolute atomic E-state index is 12.2. The summed E-state index contributed by atoms with van der Waals surface area (Å²) in [5, 5.41) is 21.4. The van der Waals surface area contributed by atoms with Crippen molar-refractivity contribution < 1.29 is 9.53 Å². The average molecular weight is 437 g/mol. The summed E-state index contributed by atoms with van der Waals surface area (Å²) >= 11 is 8.73. The molecule has 0 bridgehead atoms. The molecule has 1 amide bonds. The van der Waals surface area contributed by atoms with Gasteiger partial charge in [0.15, 0.2) is 11.0 Å². The van der Waals surface area contributed by atoms with Gasteiger partial charge in [0.05, 0.1) is 18.4 Å². The Morgan fingerprint density at radius 3 is 2.89 bits per heavy atom. The number of hydrogen-bond donors (Lipinski definition) is 1. The number of aryl methyl sites for hydroxylation is 1. The molecule has 0 aliphatic rings. The lowest BCUT2D eigenvalue weighted by atomic mass is 10.2. The van der Waals surface area contributed by atoms with E-state index in [1.165, 1.54) is 23.1 Å². The van der Waals surface area contributed by atoms with Crippen molar-refractivity contribution in [2.24, 2.45) is 0 Å². The number of thioether (sulfide) groups is 1. The lowest BCUT2D eigenvalue weighted by molar-refractivity contribution is -0.113. The second kappa shape index (κ2) is 9.18. The van der Waals surface area contributed by atoms with E-state index < -0.39 is 0 Å². The van der Waals surface area contributed by atoms with E-state index in [1.807, 2.05) is 11.5 Å². The van der Waals surface area contributed by atoms with Crippen molar-refractivity contribution in [2.45, 2.75) is 18.6 Å². The number of halogens is 1. The summed E-state index contributed by atoms with van der Waals surface area (Å²) in [6.07, 6.45) is 1.73. The molecule has 146 valence electrons. The Bertz CT molecular complexity index is 1000. The van der Waals surface area contributed by atoms with Crippen LogP contribution in [0, 0.1) is 6.92 Å². The molecule has 0 radical (unpaired) electrons. The van der Waals surface area contributed by atoms with Crippen LogP contribution in [0.25, 0.3) is 11.4 Å². The van der Waals surface area contributed by atoms with Crippen LogP contribution in [0.3, 0.4) is 0 Å². The molecular weight excluding hydrogens is 420 g/mol. The van der Waals surface area contributed by atoms with E-state index in [0.29, 0.717) is 39.0 Å². The molecule has 0 aliphatic heterocycles. The molecule has 0 spiro atoms. The molecule has 0 atom stereocenters. The first kappa shape index (κ1) is 20.3. The van der Waals surface area contributed by atoms with Gasteiger partial charge in [-0.05, 0) is 25.1 Å². The van der Waals surface area contributed by atoms with Crippen molar-refractivity contribution in [3.63, 3.8) is 0 Å². The predicted molar refractivity (Wildman–Crippen MR) is 111 cm³/mol. The molecule has 3 aromatic rings. The monoisotopic (exact) mass is 436 g/mol. The number of nitrogens with one attached hydrogen (secondary N) is 1. The fourth-order valence-electron chi connectivity index (χ4n) is 2.38. The molecule has 0 saturated heterocycles. The first-order chi connectivity index (χ1) is 13.5. The number of ether oxygens (including phenoxy) is 1. The maximum Gasteiger partial charge on any atom is 0.236 e. The number of carbonyl (C=O) groups excluding carboxylic acids is 1. The summed E-state index contributed by atoms with van der Waals surface area (Å²) in [7, 11) is 1.58. The van der Waals surface area contributed by atoms with Gasteiger partial charge in [-0.3, -0.25) is 14.7 Å². The van der Waals surface area contributed by atoms with Gasteiger partial charge in [-0.15, -0.1) is 27.0 Å². The Labute approximate surface area is 175 Å². The zero-order chi connectivity index (χ0) is 20.1. The Morgan fingerprint density at radius 2 is 2.21 bits per heavy atom. The highest BCUT2D eigenvalue weighted by molar-refractivity contribution is 7.99. The summed E-state index contributed by atoms with van der Waals surface area (Å²) in [5.74, 6) is 1.17. The third-order valence-corrected chi connectivity index (χ3v) is 5.49. The minimum absolute atomic E-state index is 0.153. The quantitative estimate of drug-likeness (QED) is 0.425. The molecule has 1 aromatic carbocycles. The van der Waals surface area contributed by atoms with Crippen molar-refractivity contribution in [3.05, 3.63) is 40.9 Å². The number of anilines is 1. The van der Waals surface area contributed by atoms with E-state index in [0.717, 1.165) is 5.01 Å². The van der Waals surface area contributed by atoms with Gasteiger partial charge in [-0.2, -0.15) is 0 Å². The summed E-state index contributed by atoms with van der Waals surface area (Å²) < 4.78 is 7.27. The van der Waals surface area contributed by atoms with Crippen molar-refractivity contribution in [1.29, 1.82) is 0 Å². The van der Waals surface area contributed by atoms with Crippen LogP contribution in [0.15, 0.2) is 36.0 Å². The van der Waals surface area contributed by atoms with Crippen LogP contribution < -0.4 is 10.1 Å². The zero-order valence-electron chi connectivity index (χ0n) is 15.2. The molecule has 3 rings (SSSR count). The van der Waals surface area contributed by atoms with Crippen molar-refractivity contribution in [2.75, 3.05) is 18.2 Å². The van der Waals surface area contributed by atoms with Crippen LogP contribution in [0.2, 0.25) is 5.02 Å². The second-order valence-electron chi connectivity index (χ2n) is 5.51.